The highest BCUT2D eigenvalue weighted by Crippen LogP contribution is 2.31. The lowest BCUT2D eigenvalue weighted by atomic mass is 9.92. The van der Waals surface area contributed by atoms with Crippen molar-refractivity contribution in [1.82, 2.24) is 10.2 Å². The molecule has 124 valence electrons. The van der Waals surface area contributed by atoms with Gasteiger partial charge in [-0.2, -0.15) is 0 Å². The molecule has 1 N–H and O–H groups in total. The van der Waals surface area contributed by atoms with Gasteiger partial charge in [-0.05, 0) is 65.5 Å². The quantitative estimate of drug-likeness (QED) is 0.596. The zero-order chi connectivity index (χ0) is 15.9. The van der Waals surface area contributed by atoms with Crippen molar-refractivity contribution in [3.8, 4) is 0 Å². The van der Waals surface area contributed by atoms with Crippen LogP contribution in [0.3, 0.4) is 0 Å². The van der Waals surface area contributed by atoms with E-state index in [1.165, 1.54) is 19.4 Å². The van der Waals surface area contributed by atoms with Crippen molar-refractivity contribution < 1.29 is 9.53 Å². The van der Waals surface area contributed by atoms with Crippen molar-refractivity contribution in [2.24, 2.45) is 5.92 Å². The molecular weight excluding hydrogens is 264 g/mol. The van der Waals surface area contributed by atoms with Crippen LogP contribution < -0.4 is 5.32 Å². The van der Waals surface area contributed by atoms with Crippen LogP contribution in [0, 0.1) is 5.92 Å². The van der Waals surface area contributed by atoms with E-state index < -0.39 is 5.54 Å². The number of carbonyl (C=O) groups excluding carboxylic acids is 1. The number of ether oxygens (including phenoxy) is 1. The van der Waals surface area contributed by atoms with Gasteiger partial charge in [0.1, 0.15) is 5.54 Å². The Bertz CT molecular complexity index is 318. The molecule has 0 aromatic rings. The molecule has 2 atom stereocenters. The van der Waals surface area contributed by atoms with Crippen LogP contribution in [0.1, 0.15) is 60.3 Å². The molecule has 4 heteroatoms. The molecule has 2 unspecified atom stereocenters. The average Bonchev–Trinajstić information content (AvgIpc) is 3.26. The molecule has 1 fully saturated rings. The molecule has 0 aromatic heterocycles. The van der Waals surface area contributed by atoms with Crippen LogP contribution in [-0.4, -0.2) is 48.7 Å². The Morgan fingerprint density at radius 2 is 2.05 bits per heavy atom. The summed E-state index contributed by atoms with van der Waals surface area (Å²) in [6.45, 7) is 13.9. The summed E-state index contributed by atoms with van der Waals surface area (Å²) in [6, 6.07) is 0.384. The number of rotatable bonds is 11. The molecule has 0 bridgehead atoms. The van der Waals surface area contributed by atoms with E-state index in [4.69, 9.17) is 4.74 Å². The minimum atomic E-state index is -0.581. The molecule has 0 radical (unpaired) electrons. The van der Waals surface area contributed by atoms with Crippen molar-refractivity contribution in [1.29, 1.82) is 0 Å². The number of nitrogens with zero attached hydrogens (tertiary/aromatic N) is 1. The second-order valence-electron chi connectivity index (χ2n) is 6.56. The first-order chi connectivity index (χ1) is 9.96. The van der Waals surface area contributed by atoms with Crippen molar-refractivity contribution in [3.63, 3.8) is 0 Å². The third-order valence-corrected chi connectivity index (χ3v) is 4.41. The fourth-order valence-electron chi connectivity index (χ4n) is 2.89. The second-order valence-corrected chi connectivity index (χ2v) is 6.56. The molecule has 1 rings (SSSR count). The Kier molecular flexibility index (Phi) is 7.67. The SMILES string of the molecule is CCCNC(C)(CC(C)N(CC)CC1CC1)C(=O)OCC. The van der Waals surface area contributed by atoms with Gasteiger partial charge in [0.05, 0.1) is 6.61 Å². The van der Waals surface area contributed by atoms with Crippen molar-refractivity contribution in [2.75, 3.05) is 26.2 Å². The normalized spacial score (nSPS) is 19.3. The lowest BCUT2D eigenvalue weighted by Crippen LogP contribution is -2.54. The Morgan fingerprint density at radius 1 is 1.38 bits per heavy atom. The number of carbonyl (C=O) groups is 1. The topological polar surface area (TPSA) is 41.6 Å². The Morgan fingerprint density at radius 3 is 2.52 bits per heavy atom. The maximum absolute atomic E-state index is 12.3. The molecule has 0 amide bonds. The van der Waals surface area contributed by atoms with Crippen LogP contribution in [0.4, 0.5) is 0 Å². The van der Waals surface area contributed by atoms with Crippen molar-refractivity contribution in [3.05, 3.63) is 0 Å². The number of esters is 1. The first-order valence-corrected chi connectivity index (χ1v) is 8.63. The third-order valence-electron chi connectivity index (χ3n) is 4.41. The second kappa shape index (κ2) is 8.74. The van der Waals surface area contributed by atoms with E-state index in [-0.39, 0.29) is 5.97 Å². The van der Waals surface area contributed by atoms with Crippen molar-refractivity contribution in [2.45, 2.75) is 71.9 Å². The molecular formula is C17H34N2O2. The highest BCUT2D eigenvalue weighted by molar-refractivity contribution is 5.80. The highest BCUT2D eigenvalue weighted by Gasteiger charge is 2.37. The van der Waals surface area contributed by atoms with Crippen LogP contribution in [0.2, 0.25) is 0 Å². The maximum Gasteiger partial charge on any atom is 0.326 e. The van der Waals surface area contributed by atoms with Crippen LogP contribution >= 0.6 is 0 Å². The lowest BCUT2D eigenvalue weighted by molar-refractivity contribution is -0.151. The Hall–Kier alpha value is -0.610. The van der Waals surface area contributed by atoms with Crippen LogP contribution in [-0.2, 0) is 9.53 Å². The van der Waals surface area contributed by atoms with Crippen molar-refractivity contribution >= 4 is 5.97 Å². The van der Waals surface area contributed by atoms with Gasteiger partial charge < -0.3 is 15.0 Å². The Balaban J connectivity index is 2.65. The van der Waals surface area contributed by atoms with Gasteiger partial charge in [0.2, 0.25) is 0 Å². The monoisotopic (exact) mass is 298 g/mol. The van der Waals surface area contributed by atoms with Gasteiger partial charge in [0, 0.05) is 12.6 Å². The largest absolute Gasteiger partial charge is 0.465 e. The lowest BCUT2D eigenvalue weighted by Gasteiger charge is -2.36. The molecule has 1 aliphatic carbocycles. The summed E-state index contributed by atoms with van der Waals surface area (Å²) in [6.07, 6.45) is 4.55. The summed E-state index contributed by atoms with van der Waals surface area (Å²) in [4.78, 5) is 14.9. The standard InChI is InChI=1S/C17H34N2O2/c1-6-11-18-17(5,16(20)21-8-3)12-14(4)19(7-2)13-15-9-10-15/h14-15,18H,6-13H2,1-5H3. The molecule has 21 heavy (non-hydrogen) atoms. The van der Waals surface area contributed by atoms with Gasteiger partial charge in [-0.3, -0.25) is 4.79 Å². The van der Waals surface area contributed by atoms with Crippen LogP contribution in [0.25, 0.3) is 0 Å². The summed E-state index contributed by atoms with van der Waals surface area (Å²) in [5, 5.41) is 3.41. The number of hydrogen-bond acceptors (Lipinski definition) is 4. The van der Waals surface area contributed by atoms with Gasteiger partial charge in [-0.1, -0.05) is 13.8 Å². The van der Waals surface area contributed by atoms with E-state index >= 15 is 0 Å². The molecule has 1 aliphatic rings. The molecule has 0 saturated heterocycles. The summed E-state index contributed by atoms with van der Waals surface area (Å²) in [7, 11) is 0. The molecule has 0 heterocycles. The zero-order valence-corrected chi connectivity index (χ0v) is 14.6. The smallest absolute Gasteiger partial charge is 0.326 e. The van der Waals surface area contributed by atoms with Crippen LogP contribution in [0.15, 0.2) is 0 Å². The molecule has 0 spiro atoms. The molecule has 0 aliphatic heterocycles. The van der Waals surface area contributed by atoms with E-state index in [1.807, 2.05) is 13.8 Å². The van der Waals surface area contributed by atoms with E-state index in [2.05, 4.69) is 31.0 Å². The third kappa shape index (κ3) is 5.95. The predicted octanol–water partition coefficient (Wildman–Crippen LogP) is 2.82. The summed E-state index contributed by atoms with van der Waals surface area (Å²) in [5.41, 5.74) is -0.581. The van der Waals surface area contributed by atoms with E-state index in [0.717, 1.165) is 31.8 Å². The predicted molar refractivity (Wildman–Crippen MR) is 87.4 cm³/mol. The summed E-state index contributed by atoms with van der Waals surface area (Å²) >= 11 is 0. The highest BCUT2D eigenvalue weighted by atomic mass is 16.5. The van der Waals surface area contributed by atoms with E-state index in [1.54, 1.807) is 0 Å². The number of hydrogen-bond donors (Lipinski definition) is 1. The average molecular weight is 298 g/mol. The molecule has 4 nitrogen and oxygen atoms in total. The molecule has 0 aromatic carbocycles. The molecule has 1 saturated carbocycles. The van der Waals surface area contributed by atoms with Gasteiger partial charge in [-0.25, -0.2) is 0 Å². The van der Waals surface area contributed by atoms with E-state index in [0.29, 0.717) is 12.6 Å². The van der Waals surface area contributed by atoms with Gasteiger partial charge in [0.15, 0.2) is 0 Å². The first-order valence-electron chi connectivity index (χ1n) is 8.63. The Labute approximate surface area is 130 Å². The summed E-state index contributed by atoms with van der Waals surface area (Å²) < 4.78 is 5.29. The van der Waals surface area contributed by atoms with Gasteiger partial charge in [0.25, 0.3) is 0 Å². The van der Waals surface area contributed by atoms with E-state index in [9.17, 15) is 4.79 Å². The minimum absolute atomic E-state index is 0.118. The fraction of sp³-hybridized carbons (Fsp3) is 0.941. The maximum atomic E-state index is 12.3. The fourth-order valence-corrected chi connectivity index (χ4v) is 2.89. The van der Waals surface area contributed by atoms with Gasteiger partial charge >= 0.3 is 5.97 Å². The minimum Gasteiger partial charge on any atom is -0.465 e. The zero-order valence-electron chi connectivity index (χ0n) is 14.6. The first kappa shape index (κ1) is 18.4. The van der Waals surface area contributed by atoms with Gasteiger partial charge in [-0.15, -0.1) is 0 Å². The number of nitrogens with one attached hydrogen (secondary N) is 1. The summed E-state index contributed by atoms with van der Waals surface area (Å²) in [5.74, 6) is 0.762. The van der Waals surface area contributed by atoms with Crippen LogP contribution in [0.5, 0.6) is 0 Å².